The van der Waals surface area contributed by atoms with Crippen molar-refractivity contribution in [2.45, 2.75) is 102 Å². The molecule has 20 nitrogen and oxygen atoms in total. The van der Waals surface area contributed by atoms with E-state index in [0.717, 1.165) is 0 Å². The van der Waals surface area contributed by atoms with Crippen molar-refractivity contribution < 1.29 is 98.0 Å². The van der Waals surface area contributed by atoms with Gasteiger partial charge in [0.15, 0.2) is 18.7 Å². The van der Waals surface area contributed by atoms with Crippen LogP contribution in [-0.4, -0.2) is 165 Å². The third-order valence-electron chi connectivity index (χ3n) is 6.88. The van der Waals surface area contributed by atoms with Crippen LogP contribution in [0.15, 0.2) is 60.8 Å². The van der Waals surface area contributed by atoms with Crippen molar-refractivity contribution >= 4 is 29.8 Å². The predicted octanol–water partition coefficient (Wildman–Crippen LogP) is -2.48. The number of carbonyl (C=O) groups excluding carboxylic acids is 5. The molecule has 3 aliphatic rings. The Balaban J connectivity index is 0.000000753. The largest absolute Gasteiger partial charge is 0.459 e. The van der Waals surface area contributed by atoms with E-state index in [1.54, 1.807) is 6.92 Å². The van der Waals surface area contributed by atoms with E-state index in [0.29, 0.717) is 18.8 Å². The molecule has 3 rings (SSSR count). The van der Waals surface area contributed by atoms with Crippen molar-refractivity contribution in [1.29, 1.82) is 0 Å². The van der Waals surface area contributed by atoms with Crippen LogP contribution in [0, 0.1) is 0 Å². The predicted molar refractivity (Wildman–Crippen MR) is 186 cm³/mol. The van der Waals surface area contributed by atoms with E-state index in [-0.39, 0.29) is 34.4 Å². The molecule has 3 aliphatic heterocycles. The Labute approximate surface area is 317 Å². The maximum Gasteiger partial charge on any atom is 0.340 e. The second kappa shape index (κ2) is 24.3. The Morgan fingerprint density at radius 3 is 1.31 bits per heavy atom. The van der Waals surface area contributed by atoms with Crippen LogP contribution in [0.2, 0.25) is 0 Å². The Morgan fingerprint density at radius 2 is 0.927 bits per heavy atom. The molecule has 0 aromatic carbocycles. The summed E-state index contributed by atoms with van der Waals surface area (Å²) in [5.74, 6) is -3.28. The molecule has 20 heteroatoms. The minimum Gasteiger partial charge on any atom is -0.459 e. The van der Waals surface area contributed by atoms with Crippen molar-refractivity contribution in [1.82, 2.24) is 0 Å². The molecule has 3 heterocycles. The van der Waals surface area contributed by atoms with E-state index in [4.69, 9.17) is 49.2 Å². The molecule has 0 aliphatic carbocycles. The highest BCUT2D eigenvalue weighted by atomic mass is 16.7. The van der Waals surface area contributed by atoms with Gasteiger partial charge in [0.1, 0.15) is 62.0 Å². The van der Waals surface area contributed by atoms with Gasteiger partial charge < -0.3 is 74.0 Å². The van der Waals surface area contributed by atoms with E-state index in [9.17, 15) is 39.3 Å². The summed E-state index contributed by atoms with van der Waals surface area (Å²) in [4.78, 5) is 55.0. The van der Waals surface area contributed by atoms with Gasteiger partial charge in [-0.2, -0.15) is 0 Å². The molecule has 0 saturated carbocycles. The molecule has 3 fully saturated rings. The second-order valence-corrected chi connectivity index (χ2v) is 12.4. The van der Waals surface area contributed by atoms with Gasteiger partial charge in [-0.1, -0.05) is 32.9 Å². The molecule has 8 N–H and O–H groups in total. The van der Waals surface area contributed by atoms with Gasteiger partial charge in [-0.3, -0.25) is 0 Å². The molecule has 5 unspecified atom stereocenters. The lowest BCUT2D eigenvalue weighted by molar-refractivity contribution is -0.289. The van der Waals surface area contributed by atoms with Crippen LogP contribution in [0.5, 0.6) is 0 Å². The third kappa shape index (κ3) is 18.3. The fraction of sp³-hybridized carbons (Fsp3) is 0.571. The first-order valence-electron chi connectivity index (χ1n) is 16.3. The minimum atomic E-state index is -1.71. The van der Waals surface area contributed by atoms with Gasteiger partial charge in [-0.05, 0) is 34.6 Å². The number of carbonyl (C=O) groups is 5. The van der Waals surface area contributed by atoms with Crippen molar-refractivity contribution in [2.24, 2.45) is 0 Å². The zero-order chi connectivity index (χ0) is 42.9. The quantitative estimate of drug-likeness (QED) is 0.0353. The van der Waals surface area contributed by atoms with E-state index in [2.05, 4.69) is 42.4 Å². The van der Waals surface area contributed by atoms with Crippen LogP contribution >= 0.6 is 0 Å². The first-order valence-corrected chi connectivity index (χ1v) is 16.3. The molecule has 0 radical (unpaired) electrons. The highest BCUT2D eigenvalue weighted by Gasteiger charge is 2.47. The summed E-state index contributed by atoms with van der Waals surface area (Å²) in [6.45, 7) is 24.4. The van der Waals surface area contributed by atoms with Gasteiger partial charge >= 0.3 is 29.8 Å². The third-order valence-corrected chi connectivity index (χ3v) is 6.88. The summed E-state index contributed by atoms with van der Waals surface area (Å²) < 4.78 is 33.3. The molecule has 0 aromatic heterocycles. The molecular formula is C35H52O20. The molecule has 0 bridgehead atoms. The molecular weight excluding hydrogens is 740 g/mol. The zero-order valence-corrected chi connectivity index (χ0v) is 31.2. The number of ether oxygens (including phenoxy) is 7. The Kier molecular flexibility index (Phi) is 22.5. The van der Waals surface area contributed by atoms with Gasteiger partial charge in [0.2, 0.25) is 0 Å². The fourth-order valence-electron chi connectivity index (χ4n) is 3.50. The Hall–Kier alpha value is -4.19. The number of rotatable bonds is 11. The number of aliphatic hydroxyl groups excluding tert-OH is 8. The van der Waals surface area contributed by atoms with Crippen LogP contribution in [0.25, 0.3) is 0 Å². The first kappa shape index (κ1) is 50.8. The first-order chi connectivity index (χ1) is 25.4. The van der Waals surface area contributed by atoms with Crippen molar-refractivity contribution in [3.63, 3.8) is 0 Å². The average Bonchev–Trinajstić information content (AvgIpc) is 3.95. The van der Waals surface area contributed by atoms with Crippen LogP contribution in [0.1, 0.15) is 34.6 Å². The summed E-state index contributed by atoms with van der Waals surface area (Å²) in [5.41, 5.74) is 1.04. The van der Waals surface area contributed by atoms with E-state index in [1.165, 1.54) is 27.7 Å². The van der Waals surface area contributed by atoms with Gasteiger partial charge in [0.05, 0.1) is 13.2 Å². The summed E-state index contributed by atoms with van der Waals surface area (Å²) in [5, 5.41) is 73.7. The van der Waals surface area contributed by atoms with E-state index < -0.39 is 98.5 Å². The topological polar surface area (TPSA) is 315 Å². The van der Waals surface area contributed by atoms with Crippen LogP contribution < -0.4 is 0 Å². The van der Waals surface area contributed by atoms with Gasteiger partial charge in [0.25, 0.3) is 0 Å². The highest BCUT2D eigenvalue weighted by Crippen LogP contribution is 2.24. The standard InChI is InChI=1S/C14H20O8.C8H10O3.C7H10O3.C6H12O6/c1-6(2)12(17)20-5-8-11(22-13(18)7(3)4)9(15)10(16)14(19)21-8;1-5(2)7(9)11-8(10)6(3)4;1-5(2)7(8)10-4-6-3-9-6;7-1-2-3(8)4(9)5(10)6(11)12-2/h8-11,14-16,19H,1,3,5H2,2,4H3;1,3H2,2,4H3;6H,1,3-4H2,2H3;2-11H,1H2/t8-,9?,10?,11+,14+;;;2-,3+,4?,5?,6+/m0..0/s1. The summed E-state index contributed by atoms with van der Waals surface area (Å²) in [6, 6.07) is 0. The summed E-state index contributed by atoms with van der Waals surface area (Å²) >= 11 is 0. The summed E-state index contributed by atoms with van der Waals surface area (Å²) in [6.07, 6.45) is -14.4. The number of hydrogen-bond donors (Lipinski definition) is 8. The monoisotopic (exact) mass is 792 g/mol. The van der Waals surface area contributed by atoms with Crippen molar-refractivity contribution in [2.75, 3.05) is 26.4 Å². The Morgan fingerprint density at radius 1 is 0.545 bits per heavy atom. The second-order valence-electron chi connectivity index (χ2n) is 12.4. The molecule has 55 heavy (non-hydrogen) atoms. The number of epoxide rings is 1. The van der Waals surface area contributed by atoms with Crippen LogP contribution in [0.4, 0.5) is 0 Å². The van der Waals surface area contributed by atoms with E-state index in [1.807, 2.05) is 0 Å². The van der Waals surface area contributed by atoms with Gasteiger partial charge in [0, 0.05) is 27.9 Å². The smallest absolute Gasteiger partial charge is 0.340 e. The maximum absolute atomic E-state index is 11.6. The lowest BCUT2D eigenvalue weighted by Gasteiger charge is -2.39. The SMILES string of the molecule is C=C(C)C(=O)OC(=O)C(=C)C.C=C(C)C(=O)OCC1CO1.C=C(C)C(=O)OC[C@@H]1O[C@@H](O)C(O)C(O)[C@@H]1OC(=O)C(=C)C.OC[C@@H]1O[C@@H](O)C(O)C(O)[C@@H]1O. The van der Waals surface area contributed by atoms with Crippen LogP contribution in [0.3, 0.4) is 0 Å². The summed E-state index contributed by atoms with van der Waals surface area (Å²) in [7, 11) is 0. The van der Waals surface area contributed by atoms with Crippen LogP contribution in [-0.2, 0) is 57.1 Å². The van der Waals surface area contributed by atoms with Crippen molar-refractivity contribution in [3.05, 3.63) is 60.8 Å². The van der Waals surface area contributed by atoms with E-state index >= 15 is 0 Å². The maximum atomic E-state index is 11.6. The zero-order valence-electron chi connectivity index (χ0n) is 31.2. The molecule has 0 amide bonds. The lowest BCUT2D eigenvalue weighted by atomic mass is 9.99. The number of aliphatic hydroxyl groups is 8. The van der Waals surface area contributed by atoms with Gasteiger partial charge in [-0.25, -0.2) is 24.0 Å². The lowest BCUT2D eigenvalue weighted by Crippen LogP contribution is -2.60. The average molecular weight is 793 g/mol. The van der Waals surface area contributed by atoms with Crippen molar-refractivity contribution in [3.8, 4) is 0 Å². The highest BCUT2D eigenvalue weighted by molar-refractivity contribution is 6.00. The normalized spacial score (nSPS) is 28.9. The minimum absolute atomic E-state index is 0.0745. The van der Waals surface area contributed by atoms with Gasteiger partial charge in [-0.15, -0.1) is 0 Å². The molecule has 0 aromatic rings. The Bertz CT molecular complexity index is 1370. The molecule has 0 spiro atoms. The fourth-order valence-corrected chi connectivity index (χ4v) is 3.50. The molecule has 312 valence electrons. The number of hydrogen-bond acceptors (Lipinski definition) is 20. The number of esters is 5. The molecule has 11 atom stereocenters. The molecule has 3 saturated heterocycles.